The Morgan fingerprint density at radius 3 is 2.78 bits per heavy atom. The van der Waals surface area contributed by atoms with Gasteiger partial charge in [0.05, 0.1) is 25.2 Å². The molecule has 1 saturated heterocycles. The van der Waals surface area contributed by atoms with Gasteiger partial charge in [0.25, 0.3) is 0 Å². The number of sulfone groups is 1. The van der Waals surface area contributed by atoms with Crippen molar-refractivity contribution in [2.24, 2.45) is 0 Å². The smallest absolute Gasteiger partial charge is 0.322 e. The van der Waals surface area contributed by atoms with Crippen LogP contribution in [-0.4, -0.2) is 62.3 Å². The molecule has 1 heterocycles. The number of aryl methyl sites for hydroxylation is 1. The maximum absolute atomic E-state index is 12.5. The van der Waals surface area contributed by atoms with E-state index < -0.39 is 21.9 Å². The molecule has 0 aliphatic carbocycles. The number of methoxy groups -OCH3 is 1. The van der Waals surface area contributed by atoms with Crippen molar-refractivity contribution in [2.75, 3.05) is 37.1 Å². The first kappa shape index (κ1) is 17.6. The van der Waals surface area contributed by atoms with Crippen LogP contribution in [0.4, 0.5) is 10.5 Å². The van der Waals surface area contributed by atoms with E-state index in [-0.39, 0.29) is 24.7 Å². The van der Waals surface area contributed by atoms with Crippen molar-refractivity contribution in [3.05, 3.63) is 23.8 Å². The molecule has 2 rings (SSSR count). The number of hydrogen-bond donors (Lipinski definition) is 2. The highest BCUT2D eigenvalue weighted by Gasteiger charge is 2.34. The third-order valence-corrected chi connectivity index (χ3v) is 5.66. The number of nitrogens with one attached hydrogen (secondary N) is 1. The first-order chi connectivity index (χ1) is 10.9. The van der Waals surface area contributed by atoms with E-state index in [4.69, 9.17) is 9.84 Å². The highest BCUT2D eigenvalue weighted by Crippen LogP contribution is 2.23. The largest absolute Gasteiger partial charge is 0.496 e. The maximum atomic E-state index is 12.5. The summed E-state index contributed by atoms with van der Waals surface area (Å²) in [7, 11) is -1.55. The molecule has 2 amide bonds. The molecule has 1 fully saturated rings. The second kappa shape index (κ2) is 7.18. The number of carbonyl (C=O) groups excluding carboxylic acids is 1. The zero-order valence-electron chi connectivity index (χ0n) is 13.3. The van der Waals surface area contributed by atoms with Crippen LogP contribution in [-0.2, 0) is 9.84 Å². The van der Waals surface area contributed by atoms with Gasteiger partial charge in [0, 0.05) is 24.3 Å². The maximum Gasteiger partial charge on any atom is 0.322 e. The normalized spacial score (nSPS) is 19.3. The van der Waals surface area contributed by atoms with Gasteiger partial charge in [0.2, 0.25) is 0 Å². The van der Waals surface area contributed by atoms with Crippen molar-refractivity contribution in [3.63, 3.8) is 0 Å². The standard InChI is InChI=1S/C15H22N2O5S/c1-11-3-4-12(9-14(11)22-2)16-15(19)17(6-7-18)13-5-8-23(20,21)10-13/h3-4,9,13,18H,5-8,10H2,1-2H3,(H,16,19)/t13-/m0/s1. The summed E-state index contributed by atoms with van der Waals surface area (Å²) in [6, 6.07) is 4.45. The van der Waals surface area contributed by atoms with E-state index in [0.717, 1.165) is 5.56 Å². The number of rotatable bonds is 5. The molecular weight excluding hydrogens is 320 g/mol. The van der Waals surface area contributed by atoms with Gasteiger partial charge in [-0.05, 0) is 25.0 Å². The van der Waals surface area contributed by atoms with E-state index in [1.54, 1.807) is 19.2 Å². The van der Waals surface area contributed by atoms with Crippen LogP contribution in [0.2, 0.25) is 0 Å². The van der Waals surface area contributed by atoms with E-state index in [2.05, 4.69) is 5.32 Å². The predicted octanol–water partition coefficient (Wildman–Crippen LogP) is 1.02. The van der Waals surface area contributed by atoms with Crippen LogP contribution >= 0.6 is 0 Å². The Kier molecular flexibility index (Phi) is 5.48. The molecule has 1 aromatic rings. The minimum Gasteiger partial charge on any atom is -0.496 e. The number of amides is 2. The lowest BCUT2D eigenvalue weighted by atomic mass is 10.2. The number of benzene rings is 1. The number of urea groups is 1. The van der Waals surface area contributed by atoms with Crippen molar-refractivity contribution in [1.29, 1.82) is 0 Å². The van der Waals surface area contributed by atoms with Crippen molar-refractivity contribution < 1.29 is 23.1 Å². The summed E-state index contributed by atoms with van der Waals surface area (Å²) in [6.07, 6.45) is 0.396. The van der Waals surface area contributed by atoms with Gasteiger partial charge in [0.1, 0.15) is 5.75 Å². The summed E-state index contributed by atoms with van der Waals surface area (Å²) in [5, 5.41) is 11.9. The molecule has 128 valence electrons. The number of carbonyl (C=O) groups is 1. The number of anilines is 1. The third-order valence-electron chi connectivity index (χ3n) is 3.91. The minimum absolute atomic E-state index is 0.0579. The average Bonchev–Trinajstić information content (AvgIpc) is 2.86. The van der Waals surface area contributed by atoms with Gasteiger partial charge in [-0.2, -0.15) is 0 Å². The van der Waals surface area contributed by atoms with Crippen LogP contribution in [0.1, 0.15) is 12.0 Å². The molecule has 0 saturated carbocycles. The topological polar surface area (TPSA) is 95.9 Å². The van der Waals surface area contributed by atoms with E-state index >= 15 is 0 Å². The first-order valence-corrected chi connectivity index (χ1v) is 9.22. The number of aliphatic hydroxyl groups excluding tert-OH is 1. The van der Waals surface area contributed by atoms with Gasteiger partial charge in [-0.15, -0.1) is 0 Å². The Morgan fingerprint density at radius 1 is 1.48 bits per heavy atom. The van der Waals surface area contributed by atoms with E-state index in [1.807, 2.05) is 13.0 Å². The summed E-state index contributed by atoms with van der Waals surface area (Å²) in [5.74, 6) is 0.669. The fraction of sp³-hybridized carbons (Fsp3) is 0.533. The van der Waals surface area contributed by atoms with Crippen molar-refractivity contribution in [3.8, 4) is 5.75 Å². The monoisotopic (exact) mass is 342 g/mol. The fourth-order valence-electron chi connectivity index (χ4n) is 2.67. The van der Waals surface area contributed by atoms with Crippen molar-refractivity contribution in [1.82, 2.24) is 4.90 Å². The zero-order chi connectivity index (χ0) is 17.0. The summed E-state index contributed by atoms with van der Waals surface area (Å²) < 4.78 is 28.4. The number of hydrogen-bond acceptors (Lipinski definition) is 5. The van der Waals surface area contributed by atoms with Gasteiger partial charge in [-0.3, -0.25) is 0 Å². The van der Waals surface area contributed by atoms with Crippen LogP contribution in [0.3, 0.4) is 0 Å². The molecule has 0 aromatic heterocycles. The third kappa shape index (κ3) is 4.35. The lowest BCUT2D eigenvalue weighted by molar-refractivity contribution is 0.169. The second-order valence-corrected chi connectivity index (χ2v) is 7.82. The summed E-state index contributed by atoms with van der Waals surface area (Å²) in [6.45, 7) is 1.77. The van der Waals surface area contributed by atoms with Crippen molar-refractivity contribution >= 4 is 21.6 Å². The molecular formula is C15H22N2O5S. The van der Waals surface area contributed by atoms with Gasteiger partial charge < -0.3 is 20.1 Å². The average molecular weight is 342 g/mol. The SMILES string of the molecule is COc1cc(NC(=O)N(CCO)[C@H]2CCS(=O)(=O)C2)ccc1C. The van der Waals surface area contributed by atoms with Crippen LogP contribution in [0.15, 0.2) is 18.2 Å². The fourth-order valence-corrected chi connectivity index (χ4v) is 4.40. The molecule has 0 spiro atoms. The van der Waals surface area contributed by atoms with Crippen LogP contribution in [0, 0.1) is 6.92 Å². The van der Waals surface area contributed by atoms with Crippen LogP contribution in [0.25, 0.3) is 0 Å². The van der Waals surface area contributed by atoms with Gasteiger partial charge in [-0.25, -0.2) is 13.2 Å². The molecule has 1 aromatic carbocycles. The predicted molar refractivity (Wildman–Crippen MR) is 87.6 cm³/mol. The van der Waals surface area contributed by atoms with E-state index in [1.165, 1.54) is 4.90 Å². The Labute approximate surface area is 136 Å². The number of ether oxygens (including phenoxy) is 1. The Morgan fingerprint density at radius 2 is 2.22 bits per heavy atom. The first-order valence-electron chi connectivity index (χ1n) is 7.40. The Bertz CT molecular complexity index is 674. The number of nitrogens with zero attached hydrogens (tertiary/aromatic N) is 1. The van der Waals surface area contributed by atoms with E-state index in [0.29, 0.717) is 17.9 Å². The van der Waals surface area contributed by atoms with Gasteiger partial charge in [0.15, 0.2) is 9.84 Å². The minimum atomic E-state index is -3.10. The summed E-state index contributed by atoms with van der Waals surface area (Å²) >= 11 is 0. The van der Waals surface area contributed by atoms with Crippen LogP contribution in [0.5, 0.6) is 5.75 Å². The number of aliphatic hydroxyl groups is 1. The molecule has 0 bridgehead atoms. The zero-order valence-corrected chi connectivity index (χ0v) is 14.1. The molecule has 1 aliphatic rings. The van der Waals surface area contributed by atoms with Gasteiger partial charge in [-0.1, -0.05) is 6.07 Å². The summed E-state index contributed by atoms with van der Waals surface area (Å²) in [5.41, 5.74) is 1.50. The molecule has 1 atom stereocenters. The molecule has 0 radical (unpaired) electrons. The van der Waals surface area contributed by atoms with E-state index in [9.17, 15) is 13.2 Å². The molecule has 23 heavy (non-hydrogen) atoms. The lowest BCUT2D eigenvalue weighted by Gasteiger charge is -2.27. The van der Waals surface area contributed by atoms with Gasteiger partial charge >= 0.3 is 6.03 Å². The molecule has 7 nitrogen and oxygen atoms in total. The highest BCUT2D eigenvalue weighted by molar-refractivity contribution is 7.91. The quantitative estimate of drug-likeness (QED) is 0.833. The van der Waals surface area contributed by atoms with Crippen LogP contribution < -0.4 is 10.1 Å². The highest BCUT2D eigenvalue weighted by atomic mass is 32.2. The Hall–Kier alpha value is -1.80. The summed E-state index contributed by atoms with van der Waals surface area (Å²) in [4.78, 5) is 13.8. The molecule has 2 N–H and O–H groups in total. The second-order valence-electron chi connectivity index (χ2n) is 5.59. The van der Waals surface area contributed by atoms with Crippen molar-refractivity contribution in [2.45, 2.75) is 19.4 Å². The Balaban J connectivity index is 2.12. The molecule has 8 heteroatoms. The molecule has 1 aliphatic heterocycles. The lowest BCUT2D eigenvalue weighted by Crippen LogP contribution is -2.45. The molecule has 0 unspecified atom stereocenters.